The quantitative estimate of drug-likeness (QED) is 0.811. The molecule has 0 saturated carbocycles. The van der Waals surface area contributed by atoms with E-state index < -0.39 is 27.0 Å². The van der Waals surface area contributed by atoms with E-state index in [0.717, 1.165) is 12.1 Å². The number of halogens is 1. The van der Waals surface area contributed by atoms with Crippen LogP contribution in [0.5, 0.6) is 0 Å². The third-order valence-electron chi connectivity index (χ3n) is 3.01. The van der Waals surface area contributed by atoms with Crippen molar-refractivity contribution < 1.29 is 22.7 Å². The summed E-state index contributed by atoms with van der Waals surface area (Å²) in [4.78, 5) is 0.0521. The molecule has 0 amide bonds. The van der Waals surface area contributed by atoms with Crippen molar-refractivity contribution in [3.8, 4) is 0 Å². The Morgan fingerprint density at radius 3 is 2.53 bits per heavy atom. The van der Waals surface area contributed by atoms with Gasteiger partial charge in [0.15, 0.2) is 9.84 Å². The molecule has 1 aromatic rings. The number of aliphatic hydroxyl groups excluding tert-OH is 1. The van der Waals surface area contributed by atoms with Crippen molar-refractivity contribution in [3.05, 3.63) is 29.6 Å². The Morgan fingerprint density at radius 1 is 1.47 bits per heavy atom. The molecular weight excluding hydrogens is 247 g/mol. The Bertz CT molecular complexity index is 529. The summed E-state index contributed by atoms with van der Waals surface area (Å²) in [6.45, 7) is 0.984. The number of hydrogen-bond donors (Lipinski definition) is 1. The average Bonchev–Trinajstić information content (AvgIpc) is 2.15. The smallest absolute Gasteiger partial charge is 0.191 e. The highest BCUT2D eigenvalue weighted by Crippen LogP contribution is 2.33. The van der Waals surface area contributed by atoms with Gasteiger partial charge >= 0.3 is 0 Å². The van der Waals surface area contributed by atoms with Crippen LogP contribution in [0.25, 0.3) is 0 Å². The minimum Gasteiger partial charge on any atom is -0.395 e. The van der Waals surface area contributed by atoms with Crippen LogP contribution in [-0.4, -0.2) is 38.1 Å². The number of ether oxygens (including phenoxy) is 1. The van der Waals surface area contributed by atoms with Gasteiger partial charge in [-0.2, -0.15) is 0 Å². The molecule has 17 heavy (non-hydrogen) atoms. The topological polar surface area (TPSA) is 63.6 Å². The van der Waals surface area contributed by atoms with Crippen LogP contribution < -0.4 is 0 Å². The first kappa shape index (κ1) is 12.5. The second-order valence-electron chi connectivity index (χ2n) is 4.25. The van der Waals surface area contributed by atoms with E-state index in [1.54, 1.807) is 0 Å². The van der Waals surface area contributed by atoms with E-state index in [1.165, 1.54) is 13.0 Å². The summed E-state index contributed by atoms with van der Waals surface area (Å²) in [5.74, 6) is -0.482. The number of aliphatic hydroxyl groups is 1. The van der Waals surface area contributed by atoms with Crippen LogP contribution in [0.15, 0.2) is 23.1 Å². The van der Waals surface area contributed by atoms with E-state index >= 15 is 0 Å². The summed E-state index contributed by atoms with van der Waals surface area (Å²) in [5, 5.41) is 9.25. The van der Waals surface area contributed by atoms with Gasteiger partial charge in [-0.25, -0.2) is 12.8 Å². The van der Waals surface area contributed by atoms with Gasteiger partial charge in [-0.05, 0) is 30.7 Å². The molecule has 1 aromatic carbocycles. The standard InChI is InChI=1S/C11H13FO4S/c1-8-4-9(12)2-3-10(8)17(14,15)11(5-13)6-16-7-11/h2-4,13H,5-7H2,1H3. The first-order chi connectivity index (χ1) is 7.93. The Hall–Kier alpha value is -0.980. The predicted molar refractivity (Wildman–Crippen MR) is 59.0 cm³/mol. The lowest BCUT2D eigenvalue weighted by Gasteiger charge is -2.39. The molecule has 1 saturated heterocycles. The maximum atomic E-state index is 12.9. The van der Waals surface area contributed by atoms with Gasteiger partial charge in [-0.15, -0.1) is 0 Å². The van der Waals surface area contributed by atoms with E-state index in [4.69, 9.17) is 4.74 Å². The van der Waals surface area contributed by atoms with Gasteiger partial charge in [0, 0.05) is 0 Å². The van der Waals surface area contributed by atoms with Gasteiger partial charge in [-0.3, -0.25) is 0 Å². The van der Waals surface area contributed by atoms with Crippen molar-refractivity contribution in [1.29, 1.82) is 0 Å². The fourth-order valence-electron chi connectivity index (χ4n) is 1.81. The molecule has 0 atom stereocenters. The highest BCUT2D eigenvalue weighted by molar-refractivity contribution is 7.93. The molecule has 94 valence electrons. The minimum absolute atomic E-state index is 0.0251. The Morgan fingerprint density at radius 2 is 2.12 bits per heavy atom. The van der Waals surface area contributed by atoms with E-state index in [2.05, 4.69) is 0 Å². The van der Waals surface area contributed by atoms with Crippen molar-refractivity contribution in [2.24, 2.45) is 0 Å². The minimum atomic E-state index is -3.70. The highest BCUT2D eigenvalue weighted by atomic mass is 32.2. The van der Waals surface area contributed by atoms with E-state index in [9.17, 15) is 17.9 Å². The second kappa shape index (κ2) is 4.04. The number of aryl methyl sites for hydroxylation is 1. The van der Waals surface area contributed by atoms with Gasteiger partial charge in [0.25, 0.3) is 0 Å². The van der Waals surface area contributed by atoms with Crippen molar-refractivity contribution in [2.45, 2.75) is 16.6 Å². The summed E-state index contributed by atoms with van der Waals surface area (Å²) in [6, 6.07) is 3.50. The van der Waals surface area contributed by atoms with Crippen LogP contribution in [-0.2, 0) is 14.6 Å². The van der Waals surface area contributed by atoms with Crippen LogP contribution in [0.3, 0.4) is 0 Å². The SMILES string of the molecule is Cc1cc(F)ccc1S(=O)(=O)C1(CO)COC1. The van der Waals surface area contributed by atoms with Crippen molar-refractivity contribution in [1.82, 2.24) is 0 Å². The zero-order valence-corrected chi connectivity index (χ0v) is 10.1. The first-order valence-electron chi connectivity index (χ1n) is 5.12. The largest absolute Gasteiger partial charge is 0.395 e. The van der Waals surface area contributed by atoms with Gasteiger partial charge in [0.05, 0.1) is 24.7 Å². The zero-order valence-electron chi connectivity index (χ0n) is 9.31. The number of rotatable bonds is 3. The lowest BCUT2D eigenvalue weighted by atomic mass is 10.1. The monoisotopic (exact) mass is 260 g/mol. The summed E-state index contributed by atoms with van der Waals surface area (Å²) >= 11 is 0. The van der Waals surface area contributed by atoms with Gasteiger partial charge in [0.1, 0.15) is 10.6 Å². The predicted octanol–water partition coefficient (Wildman–Crippen LogP) is 0.669. The van der Waals surface area contributed by atoms with Crippen LogP contribution in [0.4, 0.5) is 4.39 Å². The third kappa shape index (κ3) is 1.76. The second-order valence-corrected chi connectivity index (χ2v) is 6.56. The molecule has 0 aromatic heterocycles. The maximum absolute atomic E-state index is 12.9. The van der Waals surface area contributed by atoms with E-state index in [0.29, 0.717) is 5.56 Å². The normalized spacial score (nSPS) is 18.8. The Balaban J connectivity index is 2.52. The molecule has 1 heterocycles. The maximum Gasteiger partial charge on any atom is 0.191 e. The number of sulfone groups is 1. The number of benzene rings is 1. The van der Waals surface area contributed by atoms with Crippen LogP contribution in [0, 0.1) is 12.7 Å². The molecule has 0 aliphatic carbocycles. The average molecular weight is 260 g/mol. The fraction of sp³-hybridized carbons (Fsp3) is 0.455. The van der Waals surface area contributed by atoms with Crippen molar-refractivity contribution in [2.75, 3.05) is 19.8 Å². The van der Waals surface area contributed by atoms with Crippen molar-refractivity contribution >= 4 is 9.84 Å². The van der Waals surface area contributed by atoms with Gasteiger partial charge in [0.2, 0.25) is 0 Å². The van der Waals surface area contributed by atoms with Crippen LogP contribution in [0.2, 0.25) is 0 Å². The van der Waals surface area contributed by atoms with Gasteiger partial charge < -0.3 is 9.84 Å². The molecule has 1 N–H and O–H groups in total. The molecule has 1 fully saturated rings. The van der Waals surface area contributed by atoms with Crippen molar-refractivity contribution in [3.63, 3.8) is 0 Å². The molecule has 6 heteroatoms. The lowest BCUT2D eigenvalue weighted by Crippen LogP contribution is -2.58. The zero-order chi connectivity index (χ0) is 12.7. The molecule has 1 aliphatic heterocycles. The molecule has 4 nitrogen and oxygen atoms in total. The first-order valence-corrected chi connectivity index (χ1v) is 6.61. The molecule has 1 aliphatic rings. The molecule has 2 rings (SSSR count). The van der Waals surface area contributed by atoms with Crippen LogP contribution >= 0.6 is 0 Å². The molecule has 0 unspecified atom stereocenters. The Labute approximate surface area is 98.9 Å². The van der Waals surface area contributed by atoms with E-state index in [1.807, 2.05) is 0 Å². The highest BCUT2D eigenvalue weighted by Gasteiger charge is 2.51. The van der Waals surface area contributed by atoms with Gasteiger partial charge in [-0.1, -0.05) is 0 Å². The third-order valence-corrected chi connectivity index (χ3v) is 5.56. The molecular formula is C11H13FO4S. The fourth-order valence-corrected chi connectivity index (χ4v) is 3.65. The summed E-state index contributed by atoms with van der Waals surface area (Å²) < 4.78 is 41.2. The molecule has 0 bridgehead atoms. The van der Waals surface area contributed by atoms with E-state index in [-0.39, 0.29) is 18.1 Å². The molecule has 0 spiro atoms. The van der Waals surface area contributed by atoms with Crippen LogP contribution in [0.1, 0.15) is 5.56 Å². The number of hydrogen-bond acceptors (Lipinski definition) is 4. The summed E-state index contributed by atoms with van der Waals surface area (Å²) in [6.07, 6.45) is 0. The molecule has 0 radical (unpaired) electrons. The summed E-state index contributed by atoms with van der Waals surface area (Å²) in [7, 11) is -3.70. The summed E-state index contributed by atoms with van der Waals surface area (Å²) in [5.41, 5.74) is 0.338. The Kier molecular flexibility index (Phi) is 2.97. The lowest BCUT2D eigenvalue weighted by molar-refractivity contribution is -0.0367.